The van der Waals surface area contributed by atoms with Crippen molar-refractivity contribution in [2.75, 3.05) is 13.7 Å². The fourth-order valence-corrected chi connectivity index (χ4v) is 0.756. The van der Waals surface area contributed by atoms with E-state index in [2.05, 4.69) is 0 Å². The number of hydrogen-bond acceptors (Lipinski definition) is 3. The van der Waals surface area contributed by atoms with Crippen molar-refractivity contribution < 1.29 is 14.3 Å². The van der Waals surface area contributed by atoms with E-state index in [4.69, 9.17) is 9.47 Å². The van der Waals surface area contributed by atoms with Gasteiger partial charge in [0.05, 0.1) is 6.61 Å². The van der Waals surface area contributed by atoms with Gasteiger partial charge in [0.2, 0.25) is 0 Å². The lowest BCUT2D eigenvalue weighted by atomic mass is 10.3. The van der Waals surface area contributed by atoms with Gasteiger partial charge in [-0.3, -0.25) is 4.79 Å². The largest absolute Gasteiger partial charge is 0.460 e. The third kappa shape index (κ3) is 5.85. The Kier molecular flexibility index (Phi) is 5.84. The van der Waals surface area contributed by atoms with Crippen LogP contribution in [-0.2, 0) is 14.3 Å². The van der Waals surface area contributed by atoms with Crippen molar-refractivity contribution in [1.82, 2.24) is 0 Å². The van der Waals surface area contributed by atoms with E-state index < -0.39 is 0 Å². The van der Waals surface area contributed by atoms with Gasteiger partial charge in [0.1, 0.15) is 6.10 Å². The van der Waals surface area contributed by atoms with Gasteiger partial charge < -0.3 is 9.47 Å². The molecule has 0 unspecified atom stereocenters. The van der Waals surface area contributed by atoms with Gasteiger partial charge in [-0.05, 0) is 13.3 Å². The maximum atomic E-state index is 10.9. The zero-order valence-corrected chi connectivity index (χ0v) is 7.42. The van der Waals surface area contributed by atoms with E-state index in [0.717, 1.165) is 6.42 Å². The SMILES string of the molecule is CCCC(=O)O[C@H](C)COC. The molecule has 3 heteroatoms. The summed E-state index contributed by atoms with van der Waals surface area (Å²) >= 11 is 0. The highest BCUT2D eigenvalue weighted by atomic mass is 16.6. The van der Waals surface area contributed by atoms with E-state index in [9.17, 15) is 4.79 Å². The van der Waals surface area contributed by atoms with Crippen LogP contribution >= 0.6 is 0 Å². The number of carbonyl (C=O) groups is 1. The second-order valence-electron chi connectivity index (χ2n) is 2.51. The summed E-state index contributed by atoms with van der Waals surface area (Å²) < 4.78 is 9.77. The van der Waals surface area contributed by atoms with E-state index in [0.29, 0.717) is 13.0 Å². The maximum Gasteiger partial charge on any atom is 0.306 e. The van der Waals surface area contributed by atoms with Crippen LogP contribution in [0, 0.1) is 0 Å². The topological polar surface area (TPSA) is 35.5 Å². The molecule has 3 nitrogen and oxygen atoms in total. The molecule has 0 aromatic carbocycles. The molecule has 0 saturated heterocycles. The van der Waals surface area contributed by atoms with Crippen LogP contribution in [0.2, 0.25) is 0 Å². The highest BCUT2D eigenvalue weighted by molar-refractivity contribution is 5.69. The molecule has 0 fully saturated rings. The summed E-state index contributed by atoms with van der Waals surface area (Å²) in [6.07, 6.45) is 1.20. The Hall–Kier alpha value is -0.570. The Bertz CT molecular complexity index is 112. The highest BCUT2D eigenvalue weighted by Crippen LogP contribution is 1.96. The molecule has 0 aromatic heterocycles. The summed E-state index contributed by atoms with van der Waals surface area (Å²) in [5.74, 6) is -0.142. The van der Waals surface area contributed by atoms with Crippen LogP contribution in [-0.4, -0.2) is 25.8 Å². The molecule has 0 aromatic rings. The third-order valence-electron chi connectivity index (χ3n) is 1.19. The Morgan fingerprint density at radius 1 is 1.55 bits per heavy atom. The highest BCUT2D eigenvalue weighted by Gasteiger charge is 2.06. The Morgan fingerprint density at radius 2 is 2.18 bits per heavy atom. The number of rotatable bonds is 5. The van der Waals surface area contributed by atoms with Crippen LogP contribution in [0.5, 0.6) is 0 Å². The molecule has 0 spiro atoms. The molecule has 0 aliphatic rings. The molecule has 0 rings (SSSR count). The maximum absolute atomic E-state index is 10.9. The van der Waals surface area contributed by atoms with Crippen LogP contribution in [0.15, 0.2) is 0 Å². The third-order valence-corrected chi connectivity index (χ3v) is 1.19. The summed E-state index contributed by atoms with van der Waals surface area (Å²) in [7, 11) is 1.59. The minimum absolute atomic E-state index is 0.126. The molecule has 0 bridgehead atoms. The number of hydrogen-bond donors (Lipinski definition) is 0. The van der Waals surface area contributed by atoms with Gasteiger partial charge in [-0.15, -0.1) is 0 Å². The summed E-state index contributed by atoms with van der Waals surface area (Å²) in [6.45, 7) is 4.23. The molecule has 0 N–H and O–H groups in total. The molecule has 0 saturated carbocycles. The summed E-state index contributed by atoms with van der Waals surface area (Å²) in [4.78, 5) is 10.9. The second-order valence-corrected chi connectivity index (χ2v) is 2.51. The number of carbonyl (C=O) groups excluding carboxylic acids is 1. The van der Waals surface area contributed by atoms with Crippen molar-refractivity contribution in [3.8, 4) is 0 Å². The first-order valence-electron chi connectivity index (χ1n) is 3.89. The van der Waals surface area contributed by atoms with Crippen LogP contribution < -0.4 is 0 Å². The predicted molar refractivity (Wildman–Crippen MR) is 42.3 cm³/mol. The zero-order chi connectivity index (χ0) is 8.69. The van der Waals surface area contributed by atoms with Gasteiger partial charge in [0.25, 0.3) is 0 Å². The van der Waals surface area contributed by atoms with Crippen molar-refractivity contribution in [2.24, 2.45) is 0 Å². The average molecular weight is 160 g/mol. The summed E-state index contributed by atoms with van der Waals surface area (Å²) in [5.41, 5.74) is 0. The van der Waals surface area contributed by atoms with Crippen molar-refractivity contribution in [2.45, 2.75) is 32.8 Å². The quantitative estimate of drug-likeness (QED) is 0.570. The zero-order valence-electron chi connectivity index (χ0n) is 7.42. The van der Waals surface area contributed by atoms with E-state index in [-0.39, 0.29) is 12.1 Å². The Morgan fingerprint density at radius 3 is 2.64 bits per heavy atom. The van der Waals surface area contributed by atoms with Gasteiger partial charge in [-0.25, -0.2) is 0 Å². The molecule has 11 heavy (non-hydrogen) atoms. The molecule has 0 heterocycles. The fourth-order valence-electron chi connectivity index (χ4n) is 0.756. The molecule has 0 amide bonds. The van der Waals surface area contributed by atoms with Gasteiger partial charge in [-0.1, -0.05) is 6.92 Å². The first-order chi connectivity index (χ1) is 5.20. The first kappa shape index (κ1) is 10.4. The predicted octanol–water partition coefficient (Wildman–Crippen LogP) is 1.36. The van der Waals surface area contributed by atoms with Crippen molar-refractivity contribution in [1.29, 1.82) is 0 Å². The molecule has 1 atom stereocenters. The Balaban J connectivity index is 3.40. The molecule has 0 aliphatic heterocycles. The van der Waals surface area contributed by atoms with Crippen molar-refractivity contribution in [3.05, 3.63) is 0 Å². The second kappa shape index (κ2) is 6.16. The van der Waals surface area contributed by atoms with E-state index >= 15 is 0 Å². The fraction of sp³-hybridized carbons (Fsp3) is 0.875. The smallest absolute Gasteiger partial charge is 0.306 e. The van der Waals surface area contributed by atoms with Crippen LogP contribution in [0.4, 0.5) is 0 Å². The lowest BCUT2D eigenvalue weighted by molar-refractivity contribution is -0.150. The molecular formula is C8H16O3. The van der Waals surface area contributed by atoms with Gasteiger partial charge in [0.15, 0.2) is 0 Å². The van der Waals surface area contributed by atoms with Crippen molar-refractivity contribution in [3.63, 3.8) is 0 Å². The van der Waals surface area contributed by atoms with E-state index in [1.54, 1.807) is 7.11 Å². The van der Waals surface area contributed by atoms with Gasteiger partial charge >= 0.3 is 5.97 Å². The average Bonchev–Trinajstić information content (AvgIpc) is 1.87. The van der Waals surface area contributed by atoms with E-state index in [1.807, 2.05) is 13.8 Å². The lowest BCUT2D eigenvalue weighted by Crippen LogP contribution is -2.19. The Labute approximate surface area is 67.7 Å². The molecular weight excluding hydrogens is 144 g/mol. The van der Waals surface area contributed by atoms with Crippen molar-refractivity contribution >= 4 is 5.97 Å². The number of esters is 1. The molecule has 0 radical (unpaired) electrons. The van der Waals surface area contributed by atoms with Gasteiger partial charge in [0, 0.05) is 13.5 Å². The molecule has 0 aliphatic carbocycles. The summed E-state index contributed by atoms with van der Waals surface area (Å²) in [5, 5.41) is 0. The molecule has 66 valence electrons. The first-order valence-corrected chi connectivity index (χ1v) is 3.89. The number of ether oxygens (including phenoxy) is 2. The lowest BCUT2D eigenvalue weighted by Gasteiger charge is -2.10. The minimum Gasteiger partial charge on any atom is -0.460 e. The van der Waals surface area contributed by atoms with E-state index in [1.165, 1.54) is 0 Å². The van der Waals surface area contributed by atoms with Crippen LogP contribution in [0.3, 0.4) is 0 Å². The summed E-state index contributed by atoms with van der Waals surface area (Å²) in [6, 6.07) is 0. The monoisotopic (exact) mass is 160 g/mol. The normalized spacial score (nSPS) is 12.6. The van der Waals surface area contributed by atoms with Gasteiger partial charge in [-0.2, -0.15) is 0 Å². The minimum atomic E-state index is -0.142. The standard InChI is InChI=1S/C8H16O3/c1-4-5-8(9)11-7(2)6-10-3/h7H,4-6H2,1-3H3/t7-/m1/s1. The number of methoxy groups -OCH3 is 1. The van der Waals surface area contributed by atoms with Crippen LogP contribution in [0.25, 0.3) is 0 Å². The van der Waals surface area contributed by atoms with Crippen LogP contribution in [0.1, 0.15) is 26.7 Å².